The van der Waals surface area contributed by atoms with E-state index < -0.39 is 0 Å². The van der Waals surface area contributed by atoms with Crippen molar-refractivity contribution in [1.29, 1.82) is 5.41 Å². The van der Waals surface area contributed by atoms with Crippen molar-refractivity contribution in [3.8, 4) is 0 Å². The summed E-state index contributed by atoms with van der Waals surface area (Å²) in [5, 5.41) is 9.65. The van der Waals surface area contributed by atoms with Gasteiger partial charge >= 0.3 is 0 Å². The number of thiophene rings is 1. The molecule has 0 radical (unpaired) electrons. The zero-order valence-electron chi connectivity index (χ0n) is 6.13. The van der Waals surface area contributed by atoms with E-state index in [1.165, 1.54) is 5.56 Å². The van der Waals surface area contributed by atoms with Gasteiger partial charge in [-0.15, -0.1) is 11.3 Å². The normalized spacial score (nSPS) is 23.4. The standard InChI is InChI=1S/C8H10N2S/c9-6-1-2-7(10)8-5(6)3-4-11-8/h3-4,6,10H,1-2,9H2. The molecule has 0 spiro atoms. The van der Waals surface area contributed by atoms with Gasteiger partial charge in [-0.2, -0.15) is 0 Å². The lowest BCUT2D eigenvalue weighted by atomic mass is 9.93. The van der Waals surface area contributed by atoms with E-state index in [2.05, 4.69) is 0 Å². The zero-order valence-corrected chi connectivity index (χ0v) is 6.95. The van der Waals surface area contributed by atoms with Gasteiger partial charge in [0.15, 0.2) is 0 Å². The maximum absolute atomic E-state index is 7.63. The van der Waals surface area contributed by atoms with Crippen LogP contribution in [0.4, 0.5) is 0 Å². The first kappa shape index (κ1) is 7.00. The van der Waals surface area contributed by atoms with E-state index in [1.54, 1.807) is 11.3 Å². The summed E-state index contributed by atoms with van der Waals surface area (Å²) in [5.41, 5.74) is 7.80. The first-order valence-electron chi connectivity index (χ1n) is 3.70. The zero-order chi connectivity index (χ0) is 7.84. The highest BCUT2D eigenvalue weighted by Gasteiger charge is 2.21. The van der Waals surface area contributed by atoms with Gasteiger partial charge in [-0.05, 0) is 29.9 Å². The molecule has 3 N–H and O–H groups in total. The molecule has 2 nitrogen and oxygen atoms in total. The summed E-state index contributed by atoms with van der Waals surface area (Å²) in [7, 11) is 0. The minimum atomic E-state index is 0.172. The summed E-state index contributed by atoms with van der Waals surface area (Å²) in [6.07, 6.45) is 1.78. The van der Waals surface area contributed by atoms with Gasteiger partial charge in [0.2, 0.25) is 0 Å². The molecule has 58 valence electrons. The van der Waals surface area contributed by atoms with Crippen LogP contribution in [0.5, 0.6) is 0 Å². The average Bonchev–Trinajstić information content (AvgIpc) is 2.45. The van der Waals surface area contributed by atoms with Crippen LogP contribution in [0.25, 0.3) is 0 Å². The van der Waals surface area contributed by atoms with Crippen LogP contribution >= 0.6 is 11.3 Å². The molecule has 0 saturated heterocycles. The Balaban J connectivity index is 2.51. The molecule has 1 aliphatic rings. The van der Waals surface area contributed by atoms with E-state index in [-0.39, 0.29) is 6.04 Å². The summed E-state index contributed by atoms with van der Waals surface area (Å²) in [5.74, 6) is 0. The van der Waals surface area contributed by atoms with Crippen LogP contribution in [0.15, 0.2) is 11.4 Å². The van der Waals surface area contributed by atoms with Gasteiger partial charge in [0.05, 0.1) is 4.88 Å². The molecular weight excluding hydrogens is 156 g/mol. The molecule has 0 fully saturated rings. The Kier molecular flexibility index (Phi) is 1.55. The van der Waals surface area contributed by atoms with Crippen molar-refractivity contribution in [2.45, 2.75) is 18.9 Å². The monoisotopic (exact) mass is 166 g/mol. The van der Waals surface area contributed by atoms with Crippen molar-refractivity contribution in [1.82, 2.24) is 0 Å². The van der Waals surface area contributed by atoms with Crippen LogP contribution in [-0.4, -0.2) is 5.71 Å². The van der Waals surface area contributed by atoms with Gasteiger partial charge in [-0.25, -0.2) is 0 Å². The lowest BCUT2D eigenvalue weighted by Crippen LogP contribution is -2.19. The van der Waals surface area contributed by atoms with Crippen molar-refractivity contribution < 1.29 is 0 Å². The molecule has 1 aromatic rings. The molecule has 0 saturated carbocycles. The van der Waals surface area contributed by atoms with Crippen LogP contribution in [0.2, 0.25) is 0 Å². The molecule has 1 unspecified atom stereocenters. The van der Waals surface area contributed by atoms with E-state index in [0.29, 0.717) is 0 Å². The topological polar surface area (TPSA) is 49.9 Å². The van der Waals surface area contributed by atoms with E-state index in [1.807, 2.05) is 11.4 Å². The maximum Gasteiger partial charge on any atom is 0.0525 e. The molecule has 2 rings (SSSR count). The number of nitrogens with two attached hydrogens (primary N) is 1. The summed E-state index contributed by atoms with van der Waals surface area (Å²) < 4.78 is 0. The fraction of sp³-hybridized carbons (Fsp3) is 0.375. The number of fused-ring (bicyclic) bond motifs is 1. The number of hydrogen-bond donors (Lipinski definition) is 2. The van der Waals surface area contributed by atoms with Crippen molar-refractivity contribution in [2.75, 3.05) is 0 Å². The van der Waals surface area contributed by atoms with Crippen LogP contribution < -0.4 is 5.73 Å². The number of nitrogens with one attached hydrogen (secondary N) is 1. The highest BCUT2D eigenvalue weighted by Crippen LogP contribution is 2.31. The second kappa shape index (κ2) is 2.43. The maximum atomic E-state index is 7.63. The van der Waals surface area contributed by atoms with E-state index >= 15 is 0 Å². The summed E-state index contributed by atoms with van der Waals surface area (Å²) >= 11 is 1.63. The molecule has 1 aliphatic carbocycles. The first-order chi connectivity index (χ1) is 5.29. The largest absolute Gasteiger partial charge is 0.324 e. The predicted molar refractivity (Wildman–Crippen MR) is 47.3 cm³/mol. The van der Waals surface area contributed by atoms with E-state index in [0.717, 1.165) is 23.4 Å². The smallest absolute Gasteiger partial charge is 0.0525 e. The van der Waals surface area contributed by atoms with Gasteiger partial charge in [0.25, 0.3) is 0 Å². The third-order valence-corrected chi connectivity index (χ3v) is 3.06. The Morgan fingerprint density at radius 1 is 1.64 bits per heavy atom. The molecule has 0 aromatic carbocycles. The van der Waals surface area contributed by atoms with Crippen LogP contribution in [0.1, 0.15) is 29.3 Å². The number of hydrogen-bond acceptors (Lipinski definition) is 3. The van der Waals surface area contributed by atoms with Gasteiger partial charge in [0.1, 0.15) is 0 Å². The molecule has 3 heteroatoms. The SMILES string of the molecule is N=C1CCC(N)c2ccsc21. The summed E-state index contributed by atoms with van der Waals surface area (Å²) in [6, 6.07) is 2.21. The van der Waals surface area contributed by atoms with Gasteiger partial charge in [-0.3, -0.25) is 0 Å². The molecule has 0 aliphatic heterocycles. The van der Waals surface area contributed by atoms with Gasteiger partial charge in [-0.1, -0.05) is 0 Å². The quantitative estimate of drug-likeness (QED) is 0.607. The Hall–Kier alpha value is -0.670. The van der Waals surface area contributed by atoms with Crippen molar-refractivity contribution in [2.24, 2.45) is 5.73 Å². The second-order valence-corrected chi connectivity index (χ2v) is 3.74. The third kappa shape index (κ3) is 1.01. The molecular formula is C8H10N2S. The highest BCUT2D eigenvalue weighted by atomic mass is 32.1. The lowest BCUT2D eigenvalue weighted by Gasteiger charge is -2.18. The third-order valence-electron chi connectivity index (χ3n) is 2.07. The van der Waals surface area contributed by atoms with Crippen molar-refractivity contribution in [3.63, 3.8) is 0 Å². The predicted octanol–water partition coefficient (Wildman–Crippen LogP) is 1.91. The molecule has 1 atom stereocenters. The minimum absolute atomic E-state index is 0.172. The summed E-state index contributed by atoms with van der Waals surface area (Å²) in [6.45, 7) is 0. The fourth-order valence-electron chi connectivity index (χ4n) is 1.43. The van der Waals surface area contributed by atoms with Crippen LogP contribution in [0.3, 0.4) is 0 Å². The van der Waals surface area contributed by atoms with Crippen LogP contribution in [-0.2, 0) is 0 Å². The summed E-state index contributed by atoms with van der Waals surface area (Å²) in [4.78, 5) is 1.10. The first-order valence-corrected chi connectivity index (χ1v) is 4.58. The Labute approximate surface area is 69.6 Å². The van der Waals surface area contributed by atoms with Gasteiger partial charge in [0, 0.05) is 11.8 Å². The van der Waals surface area contributed by atoms with E-state index in [4.69, 9.17) is 11.1 Å². The average molecular weight is 166 g/mol. The Bertz CT molecular complexity index is 290. The molecule has 1 aromatic heterocycles. The van der Waals surface area contributed by atoms with Crippen LogP contribution in [0, 0.1) is 5.41 Å². The lowest BCUT2D eigenvalue weighted by molar-refractivity contribution is 0.658. The molecule has 11 heavy (non-hydrogen) atoms. The number of rotatable bonds is 0. The molecule has 0 amide bonds. The Morgan fingerprint density at radius 3 is 3.18 bits per heavy atom. The fourth-order valence-corrected chi connectivity index (χ4v) is 2.38. The van der Waals surface area contributed by atoms with Gasteiger partial charge < -0.3 is 11.1 Å². The highest BCUT2D eigenvalue weighted by molar-refractivity contribution is 7.12. The molecule has 1 heterocycles. The minimum Gasteiger partial charge on any atom is -0.324 e. The molecule has 0 bridgehead atoms. The second-order valence-electron chi connectivity index (χ2n) is 2.83. The Morgan fingerprint density at radius 2 is 2.45 bits per heavy atom. The van der Waals surface area contributed by atoms with Crippen molar-refractivity contribution >= 4 is 17.0 Å². The van der Waals surface area contributed by atoms with E-state index in [9.17, 15) is 0 Å². The van der Waals surface area contributed by atoms with Crippen molar-refractivity contribution in [3.05, 3.63) is 21.9 Å².